The molecule has 0 aromatic heterocycles. The number of rotatable bonds is 5. The molecule has 30 heavy (non-hydrogen) atoms. The second kappa shape index (κ2) is 8.83. The molecule has 2 aliphatic rings. The number of amides is 1. The monoisotopic (exact) mass is 413 g/mol. The van der Waals surface area contributed by atoms with E-state index in [1.807, 2.05) is 30.3 Å². The van der Waals surface area contributed by atoms with Gasteiger partial charge < -0.3 is 14.2 Å². The van der Waals surface area contributed by atoms with E-state index in [0.29, 0.717) is 31.6 Å². The quantitative estimate of drug-likeness (QED) is 0.697. The third kappa shape index (κ3) is 4.16. The van der Waals surface area contributed by atoms with Crippen molar-refractivity contribution in [2.75, 3.05) is 20.3 Å². The van der Waals surface area contributed by atoms with Gasteiger partial charge in [-0.05, 0) is 30.5 Å². The summed E-state index contributed by atoms with van der Waals surface area (Å²) in [6.45, 7) is 0.925. The number of fused-ring (bicyclic) bond motifs is 2. The maximum Gasteiger partial charge on any atom is 0.410 e. The molecular formula is C23H24FNO5. The van der Waals surface area contributed by atoms with Crippen LogP contribution in [-0.2, 0) is 16.1 Å². The van der Waals surface area contributed by atoms with Crippen molar-refractivity contribution in [3.63, 3.8) is 0 Å². The number of benzene rings is 2. The molecule has 2 aromatic carbocycles. The number of hydrogen-bond acceptors (Lipinski definition) is 5. The van der Waals surface area contributed by atoms with Crippen molar-refractivity contribution >= 4 is 11.9 Å². The molecule has 0 N–H and O–H groups in total. The predicted molar refractivity (Wildman–Crippen MR) is 107 cm³/mol. The van der Waals surface area contributed by atoms with Crippen LogP contribution in [0.4, 0.5) is 9.18 Å². The lowest BCUT2D eigenvalue weighted by Gasteiger charge is -2.47. The van der Waals surface area contributed by atoms with Gasteiger partial charge in [-0.2, -0.15) is 0 Å². The number of ether oxygens (including phenoxy) is 3. The van der Waals surface area contributed by atoms with Crippen molar-refractivity contribution in [3.05, 3.63) is 65.5 Å². The van der Waals surface area contributed by atoms with Gasteiger partial charge in [0.05, 0.1) is 38.0 Å². The van der Waals surface area contributed by atoms with E-state index in [0.717, 1.165) is 5.56 Å². The third-order valence-corrected chi connectivity index (χ3v) is 5.74. The molecule has 158 valence electrons. The highest BCUT2D eigenvalue weighted by atomic mass is 19.1. The number of piperidine rings is 1. The second-order valence-corrected chi connectivity index (χ2v) is 7.67. The minimum absolute atomic E-state index is 0.0962. The fourth-order valence-corrected chi connectivity index (χ4v) is 4.31. The Kier molecular flexibility index (Phi) is 5.99. The van der Waals surface area contributed by atoms with Gasteiger partial charge in [-0.15, -0.1) is 0 Å². The number of halogens is 1. The Morgan fingerprint density at radius 2 is 1.80 bits per heavy atom. The lowest BCUT2D eigenvalue weighted by Crippen LogP contribution is -2.59. The number of nitrogens with zero attached hydrogens (tertiary/aromatic N) is 1. The van der Waals surface area contributed by atoms with Gasteiger partial charge in [-0.1, -0.05) is 30.3 Å². The summed E-state index contributed by atoms with van der Waals surface area (Å²) in [5.74, 6) is -0.613. The van der Waals surface area contributed by atoms with Crippen molar-refractivity contribution < 1.29 is 28.2 Å². The van der Waals surface area contributed by atoms with Gasteiger partial charge in [0.1, 0.15) is 18.2 Å². The van der Waals surface area contributed by atoms with Crippen molar-refractivity contribution in [1.29, 1.82) is 0 Å². The zero-order valence-electron chi connectivity index (χ0n) is 16.8. The summed E-state index contributed by atoms with van der Waals surface area (Å²) < 4.78 is 29.9. The molecule has 7 heteroatoms. The molecule has 2 aliphatic heterocycles. The first-order valence-corrected chi connectivity index (χ1v) is 10.0. The third-order valence-electron chi connectivity index (χ3n) is 5.74. The fraction of sp³-hybridized carbons (Fsp3) is 0.391. The van der Waals surface area contributed by atoms with E-state index < -0.39 is 5.82 Å². The standard InChI is InChI=1S/C23H24FNO5/c1-28-21-11-17(24)7-8-20(21)22(26)16-9-18-13-29-14-19(10-16)25(18)23(27)30-12-15-5-3-2-4-6-15/h2-8,11,16,18-19H,9-10,12-14H2,1H3. The smallest absolute Gasteiger partial charge is 0.410 e. The van der Waals surface area contributed by atoms with E-state index in [1.54, 1.807) is 4.90 Å². The molecule has 0 saturated carbocycles. The lowest BCUT2D eigenvalue weighted by molar-refractivity contribution is -0.0755. The van der Waals surface area contributed by atoms with Crippen LogP contribution in [0.15, 0.2) is 48.5 Å². The Morgan fingerprint density at radius 3 is 2.47 bits per heavy atom. The molecule has 2 fully saturated rings. The molecule has 2 bridgehead atoms. The number of carbonyl (C=O) groups is 2. The Hall–Kier alpha value is -2.93. The maximum absolute atomic E-state index is 13.5. The second-order valence-electron chi connectivity index (χ2n) is 7.67. The number of Topliss-reactive ketones (excluding diaryl/α,β-unsaturated/α-hetero) is 1. The number of methoxy groups -OCH3 is 1. The predicted octanol–water partition coefficient (Wildman–Crippen LogP) is 3.83. The van der Waals surface area contributed by atoms with Crippen LogP contribution in [-0.4, -0.2) is 49.2 Å². The van der Waals surface area contributed by atoms with Gasteiger partial charge in [-0.3, -0.25) is 9.69 Å². The van der Waals surface area contributed by atoms with Crippen molar-refractivity contribution in [3.8, 4) is 5.75 Å². The molecule has 2 atom stereocenters. The SMILES string of the molecule is COc1cc(F)ccc1C(=O)C1CC2COCC(C1)N2C(=O)OCc1ccccc1. The summed E-state index contributed by atoms with van der Waals surface area (Å²) >= 11 is 0. The van der Waals surface area contributed by atoms with Gasteiger partial charge >= 0.3 is 6.09 Å². The van der Waals surface area contributed by atoms with Gasteiger partial charge in [0.15, 0.2) is 5.78 Å². The highest BCUT2D eigenvalue weighted by molar-refractivity contribution is 6.00. The molecule has 1 amide bonds. The first-order chi connectivity index (χ1) is 14.6. The summed E-state index contributed by atoms with van der Waals surface area (Å²) in [5.41, 5.74) is 1.28. The van der Waals surface area contributed by atoms with Crippen LogP contribution >= 0.6 is 0 Å². The molecule has 2 saturated heterocycles. The van der Waals surface area contributed by atoms with Crippen molar-refractivity contribution in [2.45, 2.75) is 31.5 Å². The first-order valence-electron chi connectivity index (χ1n) is 10.0. The van der Waals surface area contributed by atoms with E-state index >= 15 is 0 Å². The zero-order chi connectivity index (χ0) is 21.1. The van der Waals surface area contributed by atoms with Crippen molar-refractivity contribution in [1.82, 2.24) is 4.90 Å². The highest BCUT2D eigenvalue weighted by Gasteiger charge is 2.44. The van der Waals surface area contributed by atoms with E-state index in [-0.39, 0.29) is 42.2 Å². The van der Waals surface area contributed by atoms with Gasteiger partial charge in [0, 0.05) is 12.0 Å². The molecule has 0 radical (unpaired) electrons. The summed E-state index contributed by atoms with van der Waals surface area (Å²) in [4.78, 5) is 27.6. The van der Waals surface area contributed by atoms with Gasteiger partial charge in [0.25, 0.3) is 0 Å². The number of hydrogen-bond donors (Lipinski definition) is 0. The Balaban J connectivity index is 1.45. The fourth-order valence-electron chi connectivity index (χ4n) is 4.31. The number of carbonyl (C=O) groups excluding carboxylic acids is 2. The number of morpholine rings is 1. The lowest BCUT2D eigenvalue weighted by atomic mass is 9.80. The van der Waals surface area contributed by atoms with Crippen LogP contribution < -0.4 is 4.74 Å². The minimum atomic E-state index is -0.454. The molecule has 6 nitrogen and oxygen atoms in total. The summed E-state index contributed by atoms with van der Waals surface area (Å²) in [5, 5.41) is 0. The zero-order valence-corrected chi connectivity index (χ0v) is 16.8. The Bertz CT molecular complexity index is 905. The van der Waals surface area contributed by atoms with Crippen LogP contribution in [0.25, 0.3) is 0 Å². The molecular weight excluding hydrogens is 389 g/mol. The molecule has 4 rings (SSSR count). The normalized spacial score (nSPS) is 23.0. The maximum atomic E-state index is 13.5. The molecule has 0 aliphatic carbocycles. The molecule has 2 unspecified atom stereocenters. The molecule has 0 spiro atoms. The summed E-state index contributed by atoms with van der Waals surface area (Å²) in [6.07, 6.45) is 0.550. The van der Waals surface area contributed by atoms with E-state index in [4.69, 9.17) is 14.2 Å². The topological polar surface area (TPSA) is 65.1 Å². The van der Waals surface area contributed by atoms with Crippen LogP contribution in [0.3, 0.4) is 0 Å². The number of ketones is 1. The van der Waals surface area contributed by atoms with E-state index in [2.05, 4.69) is 0 Å². The van der Waals surface area contributed by atoms with Crippen LogP contribution in [0, 0.1) is 11.7 Å². The summed E-state index contributed by atoms with van der Waals surface area (Å²) in [7, 11) is 1.42. The van der Waals surface area contributed by atoms with Gasteiger partial charge in [-0.25, -0.2) is 9.18 Å². The average molecular weight is 413 g/mol. The average Bonchev–Trinajstić information content (AvgIpc) is 2.76. The van der Waals surface area contributed by atoms with Crippen LogP contribution in [0.5, 0.6) is 5.75 Å². The largest absolute Gasteiger partial charge is 0.496 e. The van der Waals surface area contributed by atoms with E-state index in [1.165, 1.54) is 25.3 Å². The van der Waals surface area contributed by atoms with Crippen LogP contribution in [0.1, 0.15) is 28.8 Å². The first kappa shape index (κ1) is 20.3. The Morgan fingerprint density at radius 1 is 1.10 bits per heavy atom. The summed E-state index contributed by atoms with van der Waals surface area (Å²) in [6, 6.07) is 13.0. The highest BCUT2D eigenvalue weighted by Crippen LogP contribution is 2.35. The van der Waals surface area contributed by atoms with E-state index in [9.17, 15) is 14.0 Å². The van der Waals surface area contributed by atoms with Gasteiger partial charge in [0.2, 0.25) is 0 Å². The molecule has 2 heterocycles. The Labute approximate surface area is 174 Å². The van der Waals surface area contributed by atoms with Crippen LogP contribution in [0.2, 0.25) is 0 Å². The minimum Gasteiger partial charge on any atom is -0.496 e. The molecule has 2 aromatic rings. The van der Waals surface area contributed by atoms with Crippen molar-refractivity contribution in [2.24, 2.45) is 5.92 Å².